The molecule has 0 atom stereocenters. The maximum absolute atomic E-state index is 8.61. The van der Waals surface area contributed by atoms with Crippen LogP contribution in [0.1, 0.15) is 13.3 Å². The number of hydrogen-bond acceptors (Lipinski definition) is 5. The Morgan fingerprint density at radius 2 is 1.71 bits per heavy atom. The van der Waals surface area contributed by atoms with Gasteiger partial charge in [-0.3, -0.25) is 0 Å². The molecule has 0 aliphatic carbocycles. The van der Waals surface area contributed by atoms with Crippen molar-refractivity contribution < 1.29 is 0 Å². The predicted molar refractivity (Wildman–Crippen MR) is 75.8 cm³/mol. The van der Waals surface area contributed by atoms with E-state index in [9.17, 15) is 0 Å². The van der Waals surface area contributed by atoms with Crippen LogP contribution in [0.3, 0.4) is 0 Å². The van der Waals surface area contributed by atoms with E-state index in [-0.39, 0.29) is 16.4 Å². The highest BCUT2D eigenvalue weighted by atomic mass is 32.1. The maximum atomic E-state index is 8.61. The lowest BCUT2D eigenvalue weighted by Crippen LogP contribution is -2.18. The van der Waals surface area contributed by atoms with Gasteiger partial charge in [0.15, 0.2) is 0 Å². The minimum atomic E-state index is 0.152. The van der Waals surface area contributed by atoms with Crippen LogP contribution in [0.15, 0.2) is 11.3 Å². The second-order valence-electron chi connectivity index (χ2n) is 3.13. The van der Waals surface area contributed by atoms with Crippen molar-refractivity contribution >= 4 is 34.4 Å². The second-order valence-corrected chi connectivity index (χ2v) is 4.10. The minimum absolute atomic E-state index is 0.152. The fourth-order valence-corrected chi connectivity index (χ4v) is 0.874. The molecule has 0 unspecified atom stereocenters. The van der Waals surface area contributed by atoms with Crippen LogP contribution in [0.25, 0.3) is 0 Å². The number of rotatable bonds is 3. The molecule has 7 heteroatoms. The van der Waals surface area contributed by atoms with E-state index in [2.05, 4.69) is 24.4 Å². The Balaban J connectivity index is 0. The Morgan fingerprint density at radius 3 is 1.76 bits per heavy atom. The number of thiocarbonyl (C=S) groups is 2. The highest BCUT2D eigenvalue weighted by Crippen LogP contribution is 2.05. The Hall–Kier alpha value is -1.70. The summed E-state index contributed by atoms with van der Waals surface area (Å²) in [5, 5.41) is 16.4. The van der Waals surface area contributed by atoms with Crippen molar-refractivity contribution in [3.63, 3.8) is 0 Å². The van der Waals surface area contributed by atoms with Gasteiger partial charge in [0.25, 0.3) is 0 Å². The van der Waals surface area contributed by atoms with E-state index in [4.69, 9.17) is 22.0 Å². The molecule has 0 saturated carbocycles. The molecule has 0 spiro atoms. The Labute approximate surface area is 112 Å². The number of nitrogens with two attached hydrogens (primary N) is 2. The zero-order chi connectivity index (χ0) is 14.0. The molecule has 0 aromatic heterocycles. The molecule has 17 heavy (non-hydrogen) atoms. The summed E-state index contributed by atoms with van der Waals surface area (Å²) in [5.74, 6) is 0. The van der Waals surface area contributed by atoms with Crippen molar-refractivity contribution in [3.8, 4) is 12.1 Å². The third kappa shape index (κ3) is 9.24. The molecule has 0 aromatic carbocycles. The van der Waals surface area contributed by atoms with Crippen molar-refractivity contribution in [1.29, 1.82) is 10.5 Å². The van der Waals surface area contributed by atoms with Crippen molar-refractivity contribution in [2.24, 2.45) is 11.5 Å². The molecule has 0 aliphatic heterocycles. The molecule has 4 N–H and O–H groups in total. The lowest BCUT2D eigenvalue weighted by atomic mass is 10.2. The molecule has 0 bridgehead atoms. The molecule has 0 rings (SSSR count). The largest absolute Gasteiger partial charge is 0.392 e. The first kappa shape index (κ1) is 17.7. The molecule has 0 aromatic rings. The van der Waals surface area contributed by atoms with Crippen LogP contribution in [-0.4, -0.2) is 29.0 Å². The van der Waals surface area contributed by atoms with E-state index >= 15 is 0 Å². The molecular weight excluding hydrogens is 254 g/mol. The van der Waals surface area contributed by atoms with E-state index in [1.807, 2.05) is 20.2 Å². The molecule has 5 nitrogen and oxygen atoms in total. The molecule has 0 fully saturated rings. The number of nitriles is 2. The topological polar surface area (TPSA) is 103 Å². The Kier molecular flexibility index (Phi) is 9.91. The lowest BCUT2D eigenvalue weighted by molar-refractivity contribution is 0.512. The number of hydrogen-bond donors (Lipinski definition) is 2. The minimum Gasteiger partial charge on any atom is -0.392 e. The van der Waals surface area contributed by atoms with Crippen LogP contribution in [0.4, 0.5) is 0 Å². The molecular formula is C10H15N5S2. The van der Waals surface area contributed by atoms with Crippen molar-refractivity contribution in [2.45, 2.75) is 13.3 Å². The van der Waals surface area contributed by atoms with Crippen LogP contribution in [0.2, 0.25) is 0 Å². The first-order chi connectivity index (χ1) is 7.77. The standard InChI is InChI=1S/C7H11N3S.C3H4N2S/c1-5(10(2)3)6(4-8)7(9)11;4-2-1-3(5)6/h1-3H3,(H2,9,11);1H2,(H2,5,6)/b6-5-;. The Bertz CT molecular complexity index is 398. The smallest absolute Gasteiger partial charge is 0.116 e. The van der Waals surface area contributed by atoms with E-state index < -0.39 is 0 Å². The SMILES string of the molecule is C/C(=C(\C#N)C(N)=S)N(C)C.N#CCC(N)=S. The molecule has 0 saturated heterocycles. The van der Waals surface area contributed by atoms with Crippen LogP contribution >= 0.6 is 24.4 Å². The summed E-state index contributed by atoms with van der Waals surface area (Å²) in [6.45, 7) is 1.80. The van der Waals surface area contributed by atoms with Gasteiger partial charge in [-0.25, -0.2) is 0 Å². The van der Waals surface area contributed by atoms with Gasteiger partial charge in [0, 0.05) is 19.8 Å². The highest BCUT2D eigenvalue weighted by Gasteiger charge is 2.05. The predicted octanol–water partition coefficient (Wildman–Crippen LogP) is 0.818. The summed E-state index contributed by atoms with van der Waals surface area (Å²) in [5.41, 5.74) is 11.4. The molecule has 0 aliphatic rings. The second kappa shape index (κ2) is 9.52. The van der Waals surface area contributed by atoms with Gasteiger partial charge in [0.1, 0.15) is 16.6 Å². The van der Waals surface area contributed by atoms with E-state index in [1.54, 1.807) is 17.9 Å². The van der Waals surface area contributed by atoms with Crippen LogP contribution in [-0.2, 0) is 0 Å². The molecule has 92 valence electrons. The number of nitrogens with zero attached hydrogens (tertiary/aromatic N) is 3. The van der Waals surface area contributed by atoms with Gasteiger partial charge >= 0.3 is 0 Å². The molecule has 0 heterocycles. The zero-order valence-electron chi connectivity index (χ0n) is 10.0. The van der Waals surface area contributed by atoms with Crippen molar-refractivity contribution in [3.05, 3.63) is 11.3 Å². The highest BCUT2D eigenvalue weighted by molar-refractivity contribution is 7.80. The summed E-state index contributed by atoms with van der Waals surface area (Å²) < 4.78 is 0. The van der Waals surface area contributed by atoms with Crippen LogP contribution in [0, 0.1) is 22.7 Å². The average Bonchev–Trinajstić information content (AvgIpc) is 2.18. The first-order valence-corrected chi connectivity index (χ1v) is 5.32. The van der Waals surface area contributed by atoms with Gasteiger partial charge in [-0.1, -0.05) is 24.4 Å². The van der Waals surface area contributed by atoms with Gasteiger partial charge in [0.05, 0.1) is 17.5 Å². The third-order valence-electron chi connectivity index (χ3n) is 1.64. The quantitative estimate of drug-likeness (QED) is 0.444. The molecule has 0 radical (unpaired) electrons. The van der Waals surface area contributed by atoms with Crippen molar-refractivity contribution in [2.75, 3.05) is 14.1 Å². The summed E-state index contributed by atoms with van der Waals surface area (Å²) in [6, 6.07) is 3.76. The fourth-order valence-electron chi connectivity index (χ4n) is 0.616. The van der Waals surface area contributed by atoms with E-state index in [0.29, 0.717) is 5.57 Å². The average molecular weight is 269 g/mol. The Morgan fingerprint density at radius 1 is 1.24 bits per heavy atom. The first-order valence-electron chi connectivity index (χ1n) is 4.51. The zero-order valence-corrected chi connectivity index (χ0v) is 11.7. The summed E-state index contributed by atoms with van der Waals surface area (Å²) in [6.07, 6.45) is 0.190. The summed E-state index contributed by atoms with van der Waals surface area (Å²) in [4.78, 5) is 2.22. The maximum Gasteiger partial charge on any atom is 0.116 e. The monoisotopic (exact) mass is 269 g/mol. The molecule has 0 amide bonds. The van der Waals surface area contributed by atoms with Gasteiger partial charge in [-0.05, 0) is 6.92 Å². The fraction of sp³-hybridized carbons (Fsp3) is 0.400. The third-order valence-corrected chi connectivity index (χ3v) is 1.99. The van der Waals surface area contributed by atoms with Gasteiger partial charge in [-0.2, -0.15) is 10.5 Å². The summed E-state index contributed by atoms with van der Waals surface area (Å²) >= 11 is 9.03. The number of allylic oxidation sites excluding steroid dienone is 1. The van der Waals surface area contributed by atoms with E-state index in [1.165, 1.54) is 0 Å². The van der Waals surface area contributed by atoms with Crippen LogP contribution < -0.4 is 11.5 Å². The lowest BCUT2D eigenvalue weighted by Gasteiger charge is -2.13. The normalized spacial score (nSPS) is 9.71. The summed E-state index contributed by atoms with van der Waals surface area (Å²) in [7, 11) is 3.68. The van der Waals surface area contributed by atoms with Crippen LogP contribution in [0.5, 0.6) is 0 Å². The van der Waals surface area contributed by atoms with Gasteiger partial charge < -0.3 is 16.4 Å². The van der Waals surface area contributed by atoms with Gasteiger partial charge in [-0.15, -0.1) is 0 Å². The van der Waals surface area contributed by atoms with Gasteiger partial charge in [0.2, 0.25) is 0 Å². The van der Waals surface area contributed by atoms with Crippen molar-refractivity contribution in [1.82, 2.24) is 4.90 Å². The van der Waals surface area contributed by atoms with E-state index in [0.717, 1.165) is 5.70 Å².